The monoisotopic (exact) mass is 280 g/mol. The van der Waals surface area contributed by atoms with E-state index >= 15 is 0 Å². The third kappa shape index (κ3) is 2.43. The van der Waals surface area contributed by atoms with E-state index < -0.39 is 5.82 Å². The maximum Gasteiger partial charge on any atom is 0.147 e. The van der Waals surface area contributed by atoms with Gasteiger partial charge in [-0.2, -0.15) is 5.26 Å². The molecule has 0 saturated heterocycles. The maximum atomic E-state index is 13.8. The van der Waals surface area contributed by atoms with E-state index in [-0.39, 0.29) is 0 Å². The second kappa shape index (κ2) is 5.25. The molecule has 0 unspecified atom stereocenters. The lowest BCUT2D eigenvalue weighted by atomic mass is 10.2. The Kier molecular flexibility index (Phi) is 3.28. The largest absolute Gasteiger partial charge is 0.375 e. The van der Waals surface area contributed by atoms with Crippen LogP contribution in [0.15, 0.2) is 42.5 Å². The molecule has 21 heavy (non-hydrogen) atoms. The molecule has 0 saturated carbocycles. The van der Waals surface area contributed by atoms with E-state index in [2.05, 4.69) is 10.3 Å². The lowest BCUT2D eigenvalue weighted by molar-refractivity contribution is 0.629. The minimum Gasteiger partial charge on any atom is -0.375 e. The first kappa shape index (κ1) is 13.1. The number of para-hydroxylation sites is 2. The molecule has 0 atom stereocenters. The molecule has 0 bridgehead atoms. The van der Waals surface area contributed by atoms with Crippen molar-refractivity contribution >= 4 is 16.7 Å². The minimum atomic E-state index is -0.437. The first-order chi connectivity index (χ1) is 10.2. The Hall–Kier alpha value is -2.87. The number of aromatic nitrogens is 2. The summed E-state index contributed by atoms with van der Waals surface area (Å²) < 4.78 is 15.8. The first-order valence-corrected chi connectivity index (χ1v) is 6.53. The molecule has 0 amide bonds. The highest BCUT2D eigenvalue weighted by Gasteiger charge is 2.08. The predicted molar refractivity (Wildman–Crippen MR) is 79.2 cm³/mol. The molecular weight excluding hydrogens is 267 g/mol. The molecule has 1 aromatic heterocycles. The number of fused-ring (bicyclic) bond motifs is 1. The van der Waals surface area contributed by atoms with E-state index in [0.717, 1.165) is 16.9 Å². The molecule has 2 aromatic carbocycles. The van der Waals surface area contributed by atoms with Gasteiger partial charge in [-0.3, -0.25) is 0 Å². The number of anilines is 1. The topological polar surface area (TPSA) is 53.6 Å². The van der Waals surface area contributed by atoms with Crippen molar-refractivity contribution in [2.75, 3.05) is 5.32 Å². The molecule has 4 nitrogen and oxygen atoms in total. The van der Waals surface area contributed by atoms with Crippen LogP contribution >= 0.6 is 0 Å². The number of nitriles is 1. The number of benzene rings is 2. The normalized spacial score (nSPS) is 10.5. The third-order valence-corrected chi connectivity index (χ3v) is 3.41. The van der Waals surface area contributed by atoms with Crippen LogP contribution in [0.1, 0.15) is 11.4 Å². The van der Waals surface area contributed by atoms with Gasteiger partial charge >= 0.3 is 0 Å². The predicted octanol–water partition coefficient (Wildman–Crippen LogP) is 3.20. The molecule has 5 heteroatoms. The Morgan fingerprint density at radius 2 is 2.10 bits per heavy atom. The molecule has 0 aliphatic rings. The van der Waals surface area contributed by atoms with Gasteiger partial charge in [-0.25, -0.2) is 9.37 Å². The van der Waals surface area contributed by atoms with Crippen molar-refractivity contribution in [1.29, 1.82) is 5.26 Å². The van der Waals surface area contributed by atoms with E-state index in [1.807, 2.05) is 41.9 Å². The quantitative estimate of drug-likeness (QED) is 0.801. The van der Waals surface area contributed by atoms with Gasteiger partial charge in [-0.1, -0.05) is 12.1 Å². The van der Waals surface area contributed by atoms with Gasteiger partial charge in [0, 0.05) is 7.05 Å². The molecule has 1 N–H and O–H groups in total. The zero-order valence-corrected chi connectivity index (χ0v) is 11.5. The van der Waals surface area contributed by atoms with Gasteiger partial charge in [-0.05, 0) is 30.3 Å². The summed E-state index contributed by atoms with van der Waals surface area (Å²) in [5, 5.41) is 11.7. The van der Waals surface area contributed by atoms with Crippen LogP contribution in [0, 0.1) is 17.1 Å². The summed E-state index contributed by atoms with van der Waals surface area (Å²) in [6.45, 7) is 0.411. The van der Waals surface area contributed by atoms with E-state index in [0.29, 0.717) is 17.8 Å². The van der Waals surface area contributed by atoms with Crippen LogP contribution in [0.4, 0.5) is 10.1 Å². The molecule has 104 valence electrons. The Bertz CT molecular complexity index is 845. The van der Waals surface area contributed by atoms with Crippen LogP contribution < -0.4 is 5.32 Å². The second-order valence-electron chi connectivity index (χ2n) is 4.74. The van der Waals surface area contributed by atoms with Crippen LogP contribution in [0.5, 0.6) is 0 Å². The summed E-state index contributed by atoms with van der Waals surface area (Å²) in [5.74, 6) is 0.382. The highest BCUT2D eigenvalue weighted by atomic mass is 19.1. The van der Waals surface area contributed by atoms with Gasteiger partial charge in [0.1, 0.15) is 11.6 Å². The lowest BCUT2D eigenvalue weighted by Gasteiger charge is -2.07. The number of hydrogen-bond donors (Lipinski definition) is 1. The van der Waals surface area contributed by atoms with Crippen molar-refractivity contribution in [2.24, 2.45) is 7.05 Å². The Morgan fingerprint density at radius 1 is 1.29 bits per heavy atom. The molecule has 0 aliphatic heterocycles. The van der Waals surface area contributed by atoms with Crippen LogP contribution in [-0.2, 0) is 13.6 Å². The van der Waals surface area contributed by atoms with Crippen molar-refractivity contribution in [2.45, 2.75) is 6.54 Å². The van der Waals surface area contributed by atoms with Crippen LogP contribution in [-0.4, -0.2) is 9.55 Å². The molecule has 3 aromatic rings. The highest BCUT2D eigenvalue weighted by molar-refractivity contribution is 5.75. The number of hydrogen-bond acceptors (Lipinski definition) is 3. The van der Waals surface area contributed by atoms with Crippen molar-refractivity contribution in [3.8, 4) is 6.07 Å². The average molecular weight is 280 g/mol. The summed E-state index contributed by atoms with van der Waals surface area (Å²) >= 11 is 0. The van der Waals surface area contributed by atoms with Crippen LogP contribution in [0.25, 0.3) is 11.0 Å². The average Bonchev–Trinajstić information content (AvgIpc) is 2.83. The third-order valence-electron chi connectivity index (χ3n) is 3.41. The smallest absolute Gasteiger partial charge is 0.147 e. The van der Waals surface area contributed by atoms with Crippen LogP contribution in [0.3, 0.4) is 0 Å². The van der Waals surface area contributed by atoms with Crippen LogP contribution in [0.2, 0.25) is 0 Å². The van der Waals surface area contributed by atoms with Gasteiger partial charge < -0.3 is 9.88 Å². The van der Waals surface area contributed by atoms with Gasteiger partial charge in [0.15, 0.2) is 0 Å². The fraction of sp³-hybridized carbons (Fsp3) is 0.125. The number of rotatable bonds is 3. The Morgan fingerprint density at radius 3 is 2.81 bits per heavy atom. The maximum absolute atomic E-state index is 13.8. The summed E-state index contributed by atoms with van der Waals surface area (Å²) in [5.41, 5.74) is 2.62. The summed E-state index contributed by atoms with van der Waals surface area (Å²) in [6.07, 6.45) is 0. The molecule has 3 rings (SSSR count). The molecule has 0 radical (unpaired) electrons. The Balaban J connectivity index is 1.84. The first-order valence-electron chi connectivity index (χ1n) is 6.53. The molecule has 0 aliphatic carbocycles. The van der Waals surface area contributed by atoms with E-state index in [4.69, 9.17) is 5.26 Å². The summed E-state index contributed by atoms with van der Waals surface area (Å²) in [4.78, 5) is 4.52. The summed E-state index contributed by atoms with van der Waals surface area (Å²) in [7, 11) is 1.93. The van der Waals surface area contributed by atoms with Crippen molar-refractivity contribution in [3.63, 3.8) is 0 Å². The fourth-order valence-electron chi connectivity index (χ4n) is 2.26. The number of halogens is 1. The van der Waals surface area contributed by atoms with E-state index in [1.54, 1.807) is 12.1 Å². The molecule has 1 heterocycles. The lowest BCUT2D eigenvalue weighted by Crippen LogP contribution is -2.07. The highest BCUT2D eigenvalue weighted by Crippen LogP contribution is 2.18. The van der Waals surface area contributed by atoms with Gasteiger partial charge in [0.2, 0.25) is 0 Å². The number of nitrogens with zero attached hydrogens (tertiary/aromatic N) is 3. The molecule has 0 spiro atoms. The van der Waals surface area contributed by atoms with E-state index in [1.165, 1.54) is 6.07 Å². The van der Waals surface area contributed by atoms with Crippen molar-refractivity contribution in [1.82, 2.24) is 9.55 Å². The van der Waals surface area contributed by atoms with Crippen molar-refractivity contribution in [3.05, 3.63) is 59.7 Å². The fourth-order valence-corrected chi connectivity index (χ4v) is 2.26. The van der Waals surface area contributed by atoms with Crippen molar-refractivity contribution < 1.29 is 4.39 Å². The van der Waals surface area contributed by atoms with Gasteiger partial charge in [0.25, 0.3) is 0 Å². The van der Waals surface area contributed by atoms with Gasteiger partial charge in [0.05, 0.1) is 34.9 Å². The zero-order valence-electron chi connectivity index (χ0n) is 11.5. The number of aryl methyl sites for hydroxylation is 1. The minimum absolute atomic E-state index is 0.306. The zero-order chi connectivity index (χ0) is 14.8. The SMILES string of the molecule is Cn1c(CNc2ccc(C#N)cc2F)nc2ccccc21. The second-order valence-corrected chi connectivity index (χ2v) is 4.74. The number of nitrogens with one attached hydrogen (secondary N) is 1. The van der Waals surface area contributed by atoms with Gasteiger partial charge in [-0.15, -0.1) is 0 Å². The standard InChI is InChI=1S/C16H13FN4/c1-21-15-5-3-2-4-14(15)20-16(21)10-19-13-7-6-11(9-18)8-12(13)17/h2-8,19H,10H2,1H3. The van der Waals surface area contributed by atoms with E-state index in [9.17, 15) is 4.39 Å². The Labute approximate surface area is 121 Å². The molecule has 0 fully saturated rings. The number of imidazole rings is 1. The molecular formula is C16H13FN4. The summed E-state index contributed by atoms with van der Waals surface area (Å²) in [6, 6.07) is 14.1.